The van der Waals surface area contributed by atoms with E-state index < -0.39 is 0 Å². The average molecular weight is 193 g/mol. The van der Waals surface area contributed by atoms with E-state index in [1.807, 2.05) is 0 Å². The van der Waals surface area contributed by atoms with Gasteiger partial charge in [-0.25, -0.2) is 0 Å². The Bertz CT molecular complexity index is 374. The van der Waals surface area contributed by atoms with Crippen LogP contribution >= 0.6 is 0 Å². The zero-order valence-electron chi connectivity index (χ0n) is 7.86. The lowest BCUT2D eigenvalue weighted by Crippen LogP contribution is -2.36. The molecule has 74 valence electrons. The zero-order chi connectivity index (χ0) is 10.1. The molecule has 1 fully saturated rings. The number of hydrogen-bond acceptors (Lipinski definition) is 4. The maximum Gasteiger partial charge on any atom is 0.292 e. The van der Waals surface area contributed by atoms with Crippen LogP contribution in [-0.2, 0) is 0 Å². The minimum atomic E-state index is -0.366. The Morgan fingerprint density at radius 1 is 1.71 bits per heavy atom. The normalized spacial score (nSPS) is 20.2. The standard InChI is InChI=1S/C9H11N3O2/c1-6-4-8(12(13)14)9(11-5-6)7-2-3-10-7/h4-5,7,10H,2-3H2,1H3/t7-/m0/s1. The molecule has 14 heavy (non-hydrogen) atoms. The molecule has 5 nitrogen and oxygen atoms in total. The summed E-state index contributed by atoms with van der Waals surface area (Å²) in [6.45, 7) is 2.72. The molecule has 1 saturated heterocycles. The van der Waals surface area contributed by atoms with Gasteiger partial charge in [-0.1, -0.05) is 0 Å². The largest absolute Gasteiger partial charge is 0.308 e. The monoisotopic (exact) mass is 193 g/mol. The minimum Gasteiger partial charge on any atom is -0.308 e. The number of nitro groups is 1. The Morgan fingerprint density at radius 2 is 2.43 bits per heavy atom. The second kappa shape index (κ2) is 3.34. The zero-order valence-corrected chi connectivity index (χ0v) is 7.86. The molecule has 5 heteroatoms. The summed E-state index contributed by atoms with van der Waals surface area (Å²) in [5.41, 5.74) is 1.51. The summed E-state index contributed by atoms with van der Waals surface area (Å²) < 4.78 is 0. The highest BCUT2D eigenvalue weighted by Crippen LogP contribution is 2.29. The molecule has 1 aromatic heterocycles. The molecule has 0 aromatic carbocycles. The smallest absolute Gasteiger partial charge is 0.292 e. The molecule has 2 rings (SSSR count). The van der Waals surface area contributed by atoms with Gasteiger partial charge in [-0.15, -0.1) is 0 Å². The van der Waals surface area contributed by atoms with Crippen LogP contribution in [0, 0.1) is 17.0 Å². The lowest BCUT2D eigenvalue weighted by atomic mass is 10.0. The van der Waals surface area contributed by atoms with Gasteiger partial charge in [0, 0.05) is 12.3 Å². The molecule has 0 aliphatic carbocycles. The summed E-state index contributed by atoms with van der Waals surface area (Å²) in [5, 5.41) is 13.9. The van der Waals surface area contributed by atoms with Gasteiger partial charge >= 0.3 is 0 Å². The Labute approximate surface area is 81.3 Å². The number of pyridine rings is 1. The highest BCUT2D eigenvalue weighted by Gasteiger charge is 2.27. The van der Waals surface area contributed by atoms with Crippen molar-refractivity contribution >= 4 is 5.69 Å². The van der Waals surface area contributed by atoms with E-state index in [2.05, 4.69) is 10.3 Å². The summed E-state index contributed by atoms with van der Waals surface area (Å²) in [6, 6.07) is 1.64. The van der Waals surface area contributed by atoms with Crippen molar-refractivity contribution in [2.75, 3.05) is 6.54 Å². The summed E-state index contributed by atoms with van der Waals surface area (Å²) in [5.74, 6) is 0. The summed E-state index contributed by atoms with van der Waals surface area (Å²) >= 11 is 0. The molecule has 1 aliphatic heterocycles. The van der Waals surface area contributed by atoms with Crippen LogP contribution in [0.2, 0.25) is 0 Å². The predicted octanol–water partition coefficient (Wildman–Crippen LogP) is 1.33. The second-order valence-corrected chi connectivity index (χ2v) is 3.47. The van der Waals surface area contributed by atoms with Crippen LogP contribution in [0.15, 0.2) is 12.3 Å². The number of rotatable bonds is 2. The Hall–Kier alpha value is -1.49. The molecule has 2 heterocycles. The molecule has 0 bridgehead atoms. The second-order valence-electron chi connectivity index (χ2n) is 3.47. The Kier molecular flexibility index (Phi) is 2.17. The minimum absolute atomic E-state index is 0.0657. The van der Waals surface area contributed by atoms with Gasteiger partial charge in [0.15, 0.2) is 0 Å². The first-order chi connectivity index (χ1) is 6.68. The van der Waals surface area contributed by atoms with Gasteiger partial charge < -0.3 is 5.32 Å². The fourth-order valence-corrected chi connectivity index (χ4v) is 1.50. The van der Waals surface area contributed by atoms with Crippen LogP contribution in [0.4, 0.5) is 5.69 Å². The van der Waals surface area contributed by atoms with Gasteiger partial charge in [0.05, 0.1) is 11.0 Å². The third kappa shape index (κ3) is 1.46. The maximum absolute atomic E-state index is 10.8. The molecular weight excluding hydrogens is 182 g/mol. The highest BCUT2D eigenvalue weighted by atomic mass is 16.6. The lowest BCUT2D eigenvalue weighted by molar-refractivity contribution is -0.386. The molecule has 0 saturated carbocycles. The maximum atomic E-state index is 10.8. The topological polar surface area (TPSA) is 68.1 Å². The van der Waals surface area contributed by atoms with Crippen molar-refractivity contribution in [1.82, 2.24) is 10.3 Å². The van der Waals surface area contributed by atoms with Gasteiger partial charge in [0.2, 0.25) is 0 Å². The number of aromatic nitrogens is 1. The van der Waals surface area contributed by atoms with Crippen molar-refractivity contribution in [3.63, 3.8) is 0 Å². The van der Waals surface area contributed by atoms with Gasteiger partial charge in [-0.05, 0) is 25.5 Å². The van der Waals surface area contributed by atoms with Gasteiger partial charge in [-0.2, -0.15) is 0 Å². The molecule has 0 radical (unpaired) electrons. The molecule has 1 aliphatic rings. The molecule has 1 N–H and O–H groups in total. The molecule has 0 amide bonds. The van der Waals surface area contributed by atoms with E-state index in [4.69, 9.17) is 0 Å². The van der Waals surface area contributed by atoms with Crippen molar-refractivity contribution in [3.05, 3.63) is 33.6 Å². The van der Waals surface area contributed by atoms with Crippen molar-refractivity contribution in [2.24, 2.45) is 0 Å². The third-order valence-corrected chi connectivity index (χ3v) is 2.38. The third-order valence-electron chi connectivity index (χ3n) is 2.38. The number of aryl methyl sites for hydroxylation is 1. The van der Waals surface area contributed by atoms with Crippen LogP contribution in [-0.4, -0.2) is 16.5 Å². The van der Waals surface area contributed by atoms with E-state index in [9.17, 15) is 10.1 Å². The Balaban J connectivity index is 2.41. The van der Waals surface area contributed by atoms with Crippen LogP contribution < -0.4 is 5.32 Å². The van der Waals surface area contributed by atoms with Crippen molar-refractivity contribution in [1.29, 1.82) is 0 Å². The van der Waals surface area contributed by atoms with Gasteiger partial charge in [0.25, 0.3) is 5.69 Å². The fraction of sp³-hybridized carbons (Fsp3) is 0.444. The van der Waals surface area contributed by atoms with E-state index in [-0.39, 0.29) is 16.7 Å². The highest BCUT2D eigenvalue weighted by molar-refractivity contribution is 5.40. The summed E-state index contributed by atoms with van der Waals surface area (Å²) in [6.07, 6.45) is 2.60. The van der Waals surface area contributed by atoms with Gasteiger partial charge in [-0.3, -0.25) is 15.1 Å². The van der Waals surface area contributed by atoms with Crippen molar-refractivity contribution in [2.45, 2.75) is 19.4 Å². The SMILES string of the molecule is Cc1cnc([C@@H]2CCN2)c([N+](=O)[O-])c1. The van der Waals surface area contributed by atoms with E-state index >= 15 is 0 Å². The first-order valence-corrected chi connectivity index (χ1v) is 4.53. The molecular formula is C9H11N3O2. The van der Waals surface area contributed by atoms with Gasteiger partial charge in [0.1, 0.15) is 5.69 Å². The van der Waals surface area contributed by atoms with Crippen LogP contribution in [0.25, 0.3) is 0 Å². The number of nitrogens with zero attached hydrogens (tertiary/aromatic N) is 2. The van der Waals surface area contributed by atoms with Crippen molar-refractivity contribution < 1.29 is 4.92 Å². The van der Waals surface area contributed by atoms with E-state index in [1.54, 1.807) is 19.2 Å². The van der Waals surface area contributed by atoms with Crippen LogP contribution in [0.1, 0.15) is 23.7 Å². The number of nitrogens with one attached hydrogen (secondary N) is 1. The first-order valence-electron chi connectivity index (χ1n) is 4.53. The fourth-order valence-electron chi connectivity index (χ4n) is 1.50. The average Bonchev–Trinajstić information content (AvgIpc) is 2.04. The Morgan fingerprint density at radius 3 is 2.93 bits per heavy atom. The van der Waals surface area contributed by atoms with Crippen molar-refractivity contribution in [3.8, 4) is 0 Å². The number of hydrogen-bond donors (Lipinski definition) is 1. The summed E-state index contributed by atoms with van der Waals surface area (Å²) in [7, 11) is 0. The van der Waals surface area contributed by atoms with E-state index in [0.717, 1.165) is 18.5 Å². The predicted molar refractivity (Wildman–Crippen MR) is 51.0 cm³/mol. The van der Waals surface area contributed by atoms with Crippen LogP contribution in [0.5, 0.6) is 0 Å². The first kappa shape index (κ1) is 9.08. The quantitative estimate of drug-likeness (QED) is 0.568. The molecule has 0 unspecified atom stereocenters. The summed E-state index contributed by atoms with van der Waals surface area (Å²) in [4.78, 5) is 14.5. The lowest BCUT2D eigenvalue weighted by Gasteiger charge is -2.26. The van der Waals surface area contributed by atoms with Crippen LogP contribution in [0.3, 0.4) is 0 Å². The van der Waals surface area contributed by atoms with E-state index in [0.29, 0.717) is 5.69 Å². The van der Waals surface area contributed by atoms with E-state index in [1.165, 1.54) is 0 Å². The molecule has 1 atom stereocenters. The molecule has 0 spiro atoms. The molecule has 1 aromatic rings.